The Hall–Kier alpha value is -0.140. The van der Waals surface area contributed by atoms with Gasteiger partial charge in [0.1, 0.15) is 4.88 Å². The molecule has 0 amide bonds. The summed E-state index contributed by atoms with van der Waals surface area (Å²) in [7, 11) is 0. The summed E-state index contributed by atoms with van der Waals surface area (Å²) >= 11 is 5.46. The summed E-state index contributed by atoms with van der Waals surface area (Å²) < 4.78 is 7.54. The van der Waals surface area contributed by atoms with E-state index in [4.69, 9.17) is 4.74 Å². The predicted molar refractivity (Wildman–Crippen MR) is 73.0 cm³/mol. The zero-order chi connectivity index (χ0) is 11.0. The van der Waals surface area contributed by atoms with Crippen molar-refractivity contribution < 1.29 is 9.53 Å². The second kappa shape index (κ2) is 4.39. The summed E-state index contributed by atoms with van der Waals surface area (Å²) in [6, 6.07) is 1.92. The van der Waals surface area contributed by atoms with E-state index >= 15 is 0 Å². The lowest BCUT2D eigenvalue weighted by atomic mass is 10.3. The third-order valence-electron chi connectivity index (χ3n) is 1.77. The Balaban J connectivity index is 2.32. The van der Waals surface area contributed by atoms with Crippen molar-refractivity contribution in [3.05, 3.63) is 19.9 Å². The summed E-state index contributed by atoms with van der Waals surface area (Å²) in [5, 5.41) is 3.26. The van der Waals surface area contributed by atoms with Gasteiger partial charge in [0.25, 0.3) is 0 Å². The first-order valence-corrected chi connectivity index (χ1v) is 7.23. The van der Waals surface area contributed by atoms with Gasteiger partial charge in [-0.05, 0) is 42.5 Å². The Labute approximate surface area is 109 Å². The summed E-state index contributed by atoms with van der Waals surface area (Å²) in [5.41, 5.74) is 0. The van der Waals surface area contributed by atoms with Gasteiger partial charge in [-0.1, -0.05) is 0 Å². The van der Waals surface area contributed by atoms with Crippen LogP contribution in [-0.4, -0.2) is 12.1 Å². The number of hydrogen-bond donors (Lipinski definition) is 0. The first-order valence-electron chi connectivity index (χ1n) is 4.45. The molecule has 0 fully saturated rings. The van der Waals surface area contributed by atoms with Gasteiger partial charge in [-0.2, -0.15) is 0 Å². The molecule has 0 N–H and O–H groups in total. The summed E-state index contributed by atoms with van der Waals surface area (Å²) in [6.07, 6.45) is -0.0586. The standard InChI is InChI=1S/C10H9IO2S2/c1-5(2)13-9(12)8-3-6-7(11)4-14-10(6)15-8/h3-5H,1-2H3. The fraction of sp³-hybridized carbons (Fsp3) is 0.300. The molecule has 0 saturated heterocycles. The smallest absolute Gasteiger partial charge is 0.348 e. The van der Waals surface area contributed by atoms with Crippen LogP contribution in [0.5, 0.6) is 0 Å². The molecule has 15 heavy (non-hydrogen) atoms. The predicted octanol–water partition coefficient (Wildman–Crippen LogP) is 4.13. The molecule has 2 aromatic rings. The van der Waals surface area contributed by atoms with Crippen LogP contribution in [0.4, 0.5) is 0 Å². The summed E-state index contributed by atoms with van der Waals surface area (Å²) in [5.74, 6) is -0.214. The average Bonchev–Trinajstić information content (AvgIpc) is 2.67. The monoisotopic (exact) mass is 352 g/mol. The van der Waals surface area contributed by atoms with E-state index in [0.29, 0.717) is 4.88 Å². The molecule has 0 aliphatic carbocycles. The van der Waals surface area contributed by atoms with Crippen LogP contribution in [0.15, 0.2) is 11.4 Å². The van der Waals surface area contributed by atoms with Gasteiger partial charge >= 0.3 is 5.97 Å². The minimum absolute atomic E-state index is 0.0586. The molecule has 0 spiro atoms. The number of esters is 1. The third kappa shape index (κ3) is 2.34. The van der Waals surface area contributed by atoms with Crippen LogP contribution < -0.4 is 0 Å². The minimum Gasteiger partial charge on any atom is -0.459 e. The highest BCUT2D eigenvalue weighted by atomic mass is 127. The van der Waals surface area contributed by atoms with Crippen LogP contribution in [-0.2, 0) is 4.74 Å². The highest BCUT2D eigenvalue weighted by Crippen LogP contribution is 2.34. The molecular weight excluding hydrogens is 343 g/mol. The summed E-state index contributed by atoms with van der Waals surface area (Å²) in [6.45, 7) is 3.72. The van der Waals surface area contributed by atoms with Gasteiger partial charge < -0.3 is 4.74 Å². The molecule has 2 heterocycles. The number of fused-ring (bicyclic) bond motifs is 1. The van der Waals surface area contributed by atoms with Crippen molar-refractivity contribution in [3.63, 3.8) is 0 Å². The Morgan fingerprint density at radius 3 is 2.87 bits per heavy atom. The highest BCUT2D eigenvalue weighted by molar-refractivity contribution is 14.1. The largest absolute Gasteiger partial charge is 0.459 e. The molecule has 0 aromatic carbocycles. The molecule has 0 aliphatic rings. The Kier molecular flexibility index (Phi) is 3.32. The van der Waals surface area contributed by atoms with E-state index in [2.05, 4.69) is 28.0 Å². The number of hydrogen-bond acceptors (Lipinski definition) is 4. The van der Waals surface area contributed by atoms with Crippen LogP contribution in [0.2, 0.25) is 0 Å². The lowest BCUT2D eigenvalue weighted by molar-refractivity contribution is 0.0384. The van der Waals surface area contributed by atoms with Crippen molar-refractivity contribution in [2.75, 3.05) is 0 Å². The maximum absolute atomic E-state index is 11.6. The van der Waals surface area contributed by atoms with Gasteiger partial charge in [-0.25, -0.2) is 4.79 Å². The van der Waals surface area contributed by atoms with Gasteiger partial charge in [0.05, 0.1) is 10.1 Å². The average molecular weight is 352 g/mol. The quantitative estimate of drug-likeness (QED) is 0.600. The molecular formula is C10H9IO2S2. The van der Waals surface area contributed by atoms with Crippen molar-refractivity contribution in [3.8, 4) is 0 Å². The molecule has 0 bridgehead atoms. The molecule has 5 heteroatoms. The van der Waals surface area contributed by atoms with E-state index in [9.17, 15) is 4.79 Å². The van der Waals surface area contributed by atoms with Crippen LogP contribution in [0.3, 0.4) is 0 Å². The van der Waals surface area contributed by atoms with Crippen LogP contribution >= 0.6 is 45.3 Å². The van der Waals surface area contributed by atoms with Crippen LogP contribution in [0.25, 0.3) is 9.40 Å². The minimum atomic E-state index is -0.214. The Morgan fingerprint density at radius 2 is 2.27 bits per heavy atom. The molecule has 2 rings (SSSR count). The van der Waals surface area contributed by atoms with E-state index in [1.807, 2.05) is 19.9 Å². The molecule has 0 aliphatic heterocycles. The zero-order valence-corrected chi connectivity index (χ0v) is 12.0. The fourth-order valence-electron chi connectivity index (χ4n) is 1.17. The number of rotatable bonds is 2. The normalized spacial score (nSPS) is 11.2. The van der Waals surface area contributed by atoms with Crippen molar-refractivity contribution >= 4 is 60.6 Å². The van der Waals surface area contributed by atoms with Crippen molar-refractivity contribution in [2.24, 2.45) is 0 Å². The Morgan fingerprint density at radius 1 is 1.53 bits per heavy atom. The maximum Gasteiger partial charge on any atom is 0.348 e. The number of ether oxygens (including phenoxy) is 1. The number of halogens is 1. The zero-order valence-electron chi connectivity index (χ0n) is 8.24. The number of carbonyl (C=O) groups is 1. The SMILES string of the molecule is CC(C)OC(=O)c1cc2c(I)csc2s1. The molecule has 0 atom stereocenters. The second-order valence-electron chi connectivity index (χ2n) is 3.35. The van der Waals surface area contributed by atoms with Gasteiger partial charge in [0, 0.05) is 14.3 Å². The van der Waals surface area contributed by atoms with Gasteiger partial charge in [0.2, 0.25) is 0 Å². The first kappa shape index (κ1) is 11.3. The van der Waals surface area contributed by atoms with E-state index in [0.717, 1.165) is 0 Å². The molecule has 0 unspecified atom stereocenters. The van der Waals surface area contributed by atoms with Gasteiger partial charge in [-0.3, -0.25) is 0 Å². The number of thiophene rings is 2. The van der Waals surface area contributed by atoms with Crippen molar-refractivity contribution in [1.29, 1.82) is 0 Å². The van der Waals surface area contributed by atoms with Crippen molar-refractivity contribution in [2.45, 2.75) is 20.0 Å². The van der Waals surface area contributed by atoms with E-state index in [1.54, 1.807) is 11.3 Å². The van der Waals surface area contributed by atoms with E-state index in [-0.39, 0.29) is 12.1 Å². The summed E-state index contributed by atoms with van der Waals surface area (Å²) in [4.78, 5) is 12.3. The van der Waals surface area contributed by atoms with E-state index in [1.165, 1.54) is 24.3 Å². The van der Waals surface area contributed by atoms with Crippen LogP contribution in [0, 0.1) is 3.57 Å². The van der Waals surface area contributed by atoms with Crippen LogP contribution in [0.1, 0.15) is 23.5 Å². The molecule has 2 aromatic heterocycles. The molecule has 0 saturated carbocycles. The Bertz CT molecular complexity index is 498. The lowest BCUT2D eigenvalue weighted by Crippen LogP contribution is -2.09. The number of carbonyl (C=O) groups excluding carboxylic acids is 1. The highest BCUT2D eigenvalue weighted by Gasteiger charge is 2.15. The lowest BCUT2D eigenvalue weighted by Gasteiger charge is -2.05. The molecule has 80 valence electrons. The maximum atomic E-state index is 11.6. The van der Waals surface area contributed by atoms with Gasteiger partial charge in [-0.15, -0.1) is 22.7 Å². The second-order valence-corrected chi connectivity index (χ2v) is 6.70. The molecule has 2 nitrogen and oxygen atoms in total. The van der Waals surface area contributed by atoms with Gasteiger partial charge in [0.15, 0.2) is 0 Å². The van der Waals surface area contributed by atoms with Crippen molar-refractivity contribution in [1.82, 2.24) is 0 Å². The third-order valence-corrected chi connectivity index (χ3v) is 5.32. The topological polar surface area (TPSA) is 26.3 Å². The van der Waals surface area contributed by atoms with E-state index < -0.39 is 0 Å². The fourth-order valence-corrected chi connectivity index (χ4v) is 4.37. The molecule has 0 radical (unpaired) electrons. The first-order chi connectivity index (χ1) is 7.08.